The number of allylic oxidation sites excluding steroid dienone is 2. The van der Waals surface area contributed by atoms with Crippen molar-refractivity contribution in [3.63, 3.8) is 0 Å². The Bertz CT molecular complexity index is 856. The van der Waals surface area contributed by atoms with Crippen LogP contribution < -0.4 is 0 Å². The molecule has 0 unspecified atom stereocenters. The molecule has 0 bridgehead atoms. The Hall–Kier alpha value is -3.14. The first-order valence-electron chi connectivity index (χ1n) is 8.24. The standard InChI is InChI=1S/C22H22O4/c1-13-5-7-17(15(3)9-13)19(23)11-21(25)22(26)12-20(24)18-8-6-14(2)10-16(18)4/h5-12,23-24H,1-4H3. The molecule has 0 spiro atoms. The lowest BCUT2D eigenvalue weighted by molar-refractivity contribution is -0.130. The van der Waals surface area contributed by atoms with Crippen molar-refractivity contribution in [2.45, 2.75) is 27.7 Å². The maximum Gasteiger partial charge on any atom is 0.229 e. The minimum absolute atomic E-state index is 0.278. The van der Waals surface area contributed by atoms with Gasteiger partial charge >= 0.3 is 0 Å². The lowest BCUT2D eigenvalue weighted by Crippen LogP contribution is -2.09. The topological polar surface area (TPSA) is 74.6 Å². The fourth-order valence-electron chi connectivity index (χ4n) is 2.75. The molecule has 26 heavy (non-hydrogen) atoms. The number of ketones is 2. The number of carbonyl (C=O) groups excluding carboxylic acids is 2. The second-order valence-electron chi connectivity index (χ2n) is 6.42. The Labute approximate surface area is 153 Å². The molecule has 2 N–H and O–H groups in total. The first-order valence-corrected chi connectivity index (χ1v) is 8.24. The Kier molecular flexibility index (Phi) is 5.78. The van der Waals surface area contributed by atoms with Crippen molar-refractivity contribution < 1.29 is 19.8 Å². The van der Waals surface area contributed by atoms with Crippen LogP contribution in [0.25, 0.3) is 11.5 Å². The van der Waals surface area contributed by atoms with Crippen LogP contribution in [0.3, 0.4) is 0 Å². The number of aliphatic hydroxyl groups excluding tert-OH is 2. The van der Waals surface area contributed by atoms with E-state index in [2.05, 4.69) is 0 Å². The number of aryl methyl sites for hydroxylation is 4. The molecule has 0 radical (unpaired) electrons. The fraction of sp³-hybridized carbons (Fsp3) is 0.182. The van der Waals surface area contributed by atoms with Gasteiger partial charge in [0.2, 0.25) is 11.6 Å². The van der Waals surface area contributed by atoms with Crippen molar-refractivity contribution in [3.05, 3.63) is 81.9 Å². The van der Waals surface area contributed by atoms with Gasteiger partial charge in [-0.15, -0.1) is 0 Å². The number of carbonyl (C=O) groups is 2. The molecule has 2 rings (SSSR count). The first-order chi connectivity index (χ1) is 12.2. The number of hydrogen-bond donors (Lipinski definition) is 2. The van der Waals surface area contributed by atoms with Crippen LogP contribution in [0.1, 0.15) is 33.4 Å². The predicted molar refractivity (Wildman–Crippen MR) is 103 cm³/mol. The second-order valence-corrected chi connectivity index (χ2v) is 6.42. The first kappa shape index (κ1) is 19.2. The van der Waals surface area contributed by atoms with E-state index >= 15 is 0 Å². The number of hydrogen-bond acceptors (Lipinski definition) is 4. The van der Waals surface area contributed by atoms with E-state index in [1.807, 2.05) is 52.0 Å². The summed E-state index contributed by atoms with van der Waals surface area (Å²) in [7, 11) is 0. The molecule has 0 amide bonds. The summed E-state index contributed by atoms with van der Waals surface area (Å²) in [5, 5.41) is 20.3. The zero-order valence-electron chi connectivity index (χ0n) is 15.3. The number of rotatable bonds is 5. The van der Waals surface area contributed by atoms with Gasteiger partial charge in [0.15, 0.2) is 0 Å². The summed E-state index contributed by atoms with van der Waals surface area (Å²) in [5.74, 6) is -2.36. The second kappa shape index (κ2) is 7.83. The summed E-state index contributed by atoms with van der Waals surface area (Å²) >= 11 is 0. The molecule has 4 nitrogen and oxygen atoms in total. The summed E-state index contributed by atoms with van der Waals surface area (Å²) in [4.78, 5) is 24.1. The lowest BCUT2D eigenvalue weighted by Gasteiger charge is -2.06. The zero-order valence-corrected chi connectivity index (χ0v) is 15.3. The third kappa shape index (κ3) is 4.48. The summed E-state index contributed by atoms with van der Waals surface area (Å²) in [6, 6.07) is 10.7. The van der Waals surface area contributed by atoms with Crippen LogP contribution in [0.15, 0.2) is 48.6 Å². The van der Waals surface area contributed by atoms with Gasteiger partial charge in [0, 0.05) is 23.3 Å². The quantitative estimate of drug-likeness (QED) is 0.471. The SMILES string of the molecule is Cc1ccc(C(O)=CC(=O)C(=O)C=C(O)c2ccc(C)cc2C)c(C)c1. The molecule has 0 fully saturated rings. The van der Waals surface area contributed by atoms with Gasteiger partial charge in [-0.25, -0.2) is 0 Å². The maximum atomic E-state index is 12.1. The third-order valence-corrected chi connectivity index (χ3v) is 4.09. The van der Waals surface area contributed by atoms with E-state index in [1.54, 1.807) is 12.1 Å². The smallest absolute Gasteiger partial charge is 0.229 e. The lowest BCUT2D eigenvalue weighted by atomic mass is 10.0. The third-order valence-electron chi connectivity index (χ3n) is 4.09. The van der Waals surface area contributed by atoms with E-state index in [1.165, 1.54) is 0 Å². The van der Waals surface area contributed by atoms with Crippen LogP contribution in [0.2, 0.25) is 0 Å². The zero-order chi connectivity index (χ0) is 19.4. The van der Waals surface area contributed by atoms with Gasteiger partial charge in [-0.2, -0.15) is 0 Å². The molecule has 0 saturated carbocycles. The molecule has 0 aliphatic rings. The molecule has 0 aliphatic heterocycles. The van der Waals surface area contributed by atoms with E-state index in [0.29, 0.717) is 11.1 Å². The molecule has 4 heteroatoms. The highest BCUT2D eigenvalue weighted by Crippen LogP contribution is 2.19. The Balaban J connectivity index is 2.24. The molecule has 2 aromatic carbocycles. The van der Waals surface area contributed by atoms with E-state index < -0.39 is 11.6 Å². The molecule has 0 heterocycles. The summed E-state index contributed by atoms with van der Waals surface area (Å²) in [5.41, 5.74) is 4.63. The van der Waals surface area contributed by atoms with Gasteiger partial charge in [0.25, 0.3) is 0 Å². The molecule has 0 saturated heterocycles. The molecular weight excluding hydrogens is 328 g/mol. The van der Waals surface area contributed by atoms with Crippen molar-refractivity contribution in [2.24, 2.45) is 0 Å². The van der Waals surface area contributed by atoms with Crippen LogP contribution in [0, 0.1) is 27.7 Å². The summed E-state index contributed by atoms with van der Waals surface area (Å²) in [6.07, 6.45) is 1.76. The molecule has 0 atom stereocenters. The highest BCUT2D eigenvalue weighted by molar-refractivity contribution is 6.47. The summed E-state index contributed by atoms with van der Waals surface area (Å²) in [6.45, 7) is 7.47. The van der Waals surface area contributed by atoms with Gasteiger partial charge < -0.3 is 10.2 Å². The van der Waals surface area contributed by atoms with E-state index in [9.17, 15) is 19.8 Å². The highest BCUT2D eigenvalue weighted by atomic mass is 16.3. The van der Waals surface area contributed by atoms with Crippen LogP contribution in [0.4, 0.5) is 0 Å². The maximum absolute atomic E-state index is 12.1. The minimum atomic E-state index is -0.904. The van der Waals surface area contributed by atoms with Crippen LogP contribution in [0.5, 0.6) is 0 Å². The van der Waals surface area contributed by atoms with Gasteiger partial charge in [-0.1, -0.05) is 47.5 Å². The van der Waals surface area contributed by atoms with E-state index in [0.717, 1.165) is 34.4 Å². The normalized spacial score (nSPS) is 12.2. The van der Waals surface area contributed by atoms with E-state index in [4.69, 9.17) is 0 Å². The van der Waals surface area contributed by atoms with Crippen molar-refractivity contribution in [1.29, 1.82) is 0 Å². The van der Waals surface area contributed by atoms with Crippen molar-refractivity contribution in [1.82, 2.24) is 0 Å². The molecule has 0 aromatic heterocycles. The molecule has 134 valence electrons. The Morgan fingerprint density at radius 3 is 1.35 bits per heavy atom. The van der Waals surface area contributed by atoms with Gasteiger partial charge in [-0.3, -0.25) is 9.59 Å². The van der Waals surface area contributed by atoms with Gasteiger partial charge in [-0.05, 0) is 38.8 Å². The van der Waals surface area contributed by atoms with Gasteiger partial charge in [0.05, 0.1) is 0 Å². The van der Waals surface area contributed by atoms with E-state index in [-0.39, 0.29) is 11.5 Å². The predicted octanol–water partition coefficient (Wildman–Crippen LogP) is 4.56. The average molecular weight is 350 g/mol. The Morgan fingerprint density at radius 1 is 0.692 bits per heavy atom. The largest absolute Gasteiger partial charge is 0.507 e. The average Bonchev–Trinajstić information content (AvgIpc) is 2.54. The highest BCUT2D eigenvalue weighted by Gasteiger charge is 2.14. The Morgan fingerprint density at radius 2 is 1.04 bits per heavy atom. The number of aliphatic hydroxyl groups is 2. The molecular formula is C22H22O4. The summed E-state index contributed by atoms with van der Waals surface area (Å²) < 4.78 is 0. The number of benzene rings is 2. The van der Waals surface area contributed by atoms with Gasteiger partial charge in [0.1, 0.15) is 11.5 Å². The monoisotopic (exact) mass is 350 g/mol. The molecule has 2 aromatic rings. The fourth-order valence-corrected chi connectivity index (χ4v) is 2.75. The van der Waals surface area contributed by atoms with Crippen LogP contribution >= 0.6 is 0 Å². The van der Waals surface area contributed by atoms with Crippen LogP contribution in [-0.4, -0.2) is 21.8 Å². The van der Waals surface area contributed by atoms with Crippen LogP contribution in [-0.2, 0) is 9.59 Å². The minimum Gasteiger partial charge on any atom is -0.507 e. The van der Waals surface area contributed by atoms with Crippen molar-refractivity contribution in [3.8, 4) is 0 Å². The van der Waals surface area contributed by atoms with Crippen molar-refractivity contribution in [2.75, 3.05) is 0 Å². The molecule has 0 aliphatic carbocycles. The van der Waals surface area contributed by atoms with Crippen molar-refractivity contribution >= 4 is 23.1 Å².